The van der Waals surface area contributed by atoms with Crippen LogP contribution in [-0.4, -0.2) is 76.8 Å². The first kappa shape index (κ1) is 28.2. The second-order valence-electron chi connectivity index (χ2n) is 7.68. The molecule has 10 nitrogen and oxygen atoms in total. The van der Waals surface area contributed by atoms with E-state index in [9.17, 15) is 18.0 Å². The highest BCUT2D eigenvalue weighted by molar-refractivity contribution is 7.89. The van der Waals surface area contributed by atoms with Gasteiger partial charge < -0.3 is 18.8 Å². The number of hydrogen-bond acceptors (Lipinski definition) is 8. The fourth-order valence-electron chi connectivity index (χ4n) is 3.46. The van der Waals surface area contributed by atoms with Crippen LogP contribution in [0.15, 0.2) is 52.4 Å². The van der Waals surface area contributed by atoms with Crippen molar-refractivity contribution in [2.24, 2.45) is 4.99 Å². The fourth-order valence-corrected chi connectivity index (χ4v) is 5.93. The minimum atomic E-state index is -3.82. The summed E-state index contributed by atoms with van der Waals surface area (Å²) in [5.74, 6) is 1.50. The van der Waals surface area contributed by atoms with Crippen LogP contribution in [0.2, 0.25) is 0 Å². The minimum Gasteiger partial charge on any atom is -0.465 e. The van der Waals surface area contributed by atoms with E-state index >= 15 is 0 Å². The molecular formula is C25H27N3O7S2. The van der Waals surface area contributed by atoms with Gasteiger partial charge in [-0.3, -0.25) is 4.79 Å². The van der Waals surface area contributed by atoms with Crippen LogP contribution in [0, 0.1) is 12.3 Å². The number of benzene rings is 2. The third-order valence-corrected chi connectivity index (χ3v) is 8.33. The van der Waals surface area contributed by atoms with Crippen molar-refractivity contribution >= 4 is 43.5 Å². The number of rotatable bonds is 11. The van der Waals surface area contributed by atoms with E-state index in [4.69, 9.17) is 20.6 Å². The molecule has 0 aliphatic rings. The summed E-state index contributed by atoms with van der Waals surface area (Å²) in [5.41, 5.74) is 1.29. The second kappa shape index (κ2) is 12.8. The van der Waals surface area contributed by atoms with E-state index in [1.165, 1.54) is 61.2 Å². The quantitative estimate of drug-likeness (QED) is 0.268. The normalized spacial score (nSPS) is 12.1. The van der Waals surface area contributed by atoms with Gasteiger partial charge in [0.1, 0.15) is 0 Å². The molecule has 0 bridgehead atoms. The molecule has 3 rings (SSSR count). The van der Waals surface area contributed by atoms with Gasteiger partial charge in [0.2, 0.25) is 10.0 Å². The molecule has 0 aliphatic heterocycles. The van der Waals surface area contributed by atoms with E-state index in [1.807, 2.05) is 0 Å². The Morgan fingerprint density at radius 2 is 1.65 bits per heavy atom. The second-order valence-corrected chi connectivity index (χ2v) is 10.6. The van der Waals surface area contributed by atoms with Crippen molar-refractivity contribution in [1.29, 1.82) is 0 Å². The highest BCUT2D eigenvalue weighted by Crippen LogP contribution is 2.21. The average Bonchev–Trinajstić information content (AvgIpc) is 3.24. The van der Waals surface area contributed by atoms with Crippen LogP contribution >= 0.6 is 11.3 Å². The molecule has 0 unspecified atom stereocenters. The molecule has 3 aromatic rings. The molecule has 0 N–H and O–H groups in total. The Bertz CT molecular complexity index is 1480. The van der Waals surface area contributed by atoms with E-state index < -0.39 is 21.9 Å². The Hall–Kier alpha value is -3.34. The number of amides is 1. The summed E-state index contributed by atoms with van der Waals surface area (Å²) in [6.07, 6.45) is 5.52. The predicted molar refractivity (Wildman–Crippen MR) is 139 cm³/mol. The van der Waals surface area contributed by atoms with Crippen molar-refractivity contribution in [3.05, 3.63) is 58.4 Å². The Kier molecular flexibility index (Phi) is 9.73. The number of sulfonamides is 1. The fraction of sp³-hybridized carbons (Fsp3) is 0.320. The van der Waals surface area contributed by atoms with Gasteiger partial charge in [0.15, 0.2) is 4.80 Å². The zero-order valence-corrected chi connectivity index (χ0v) is 22.3. The van der Waals surface area contributed by atoms with Crippen molar-refractivity contribution in [2.75, 3.05) is 47.6 Å². The van der Waals surface area contributed by atoms with Gasteiger partial charge >= 0.3 is 5.97 Å². The number of nitrogens with zero attached hydrogens (tertiary/aromatic N) is 3. The zero-order valence-electron chi connectivity index (χ0n) is 20.7. The Labute approximate surface area is 219 Å². The monoisotopic (exact) mass is 545 g/mol. The number of carbonyl (C=O) groups is 2. The first-order valence-corrected chi connectivity index (χ1v) is 13.3. The van der Waals surface area contributed by atoms with Crippen molar-refractivity contribution in [3.63, 3.8) is 0 Å². The first-order chi connectivity index (χ1) is 17.8. The third-order valence-electron chi connectivity index (χ3n) is 5.38. The minimum absolute atomic E-state index is 0.0378. The predicted octanol–water partition coefficient (Wildman–Crippen LogP) is 2.15. The van der Waals surface area contributed by atoms with Crippen LogP contribution in [0.5, 0.6) is 0 Å². The number of thiazole rings is 1. The van der Waals surface area contributed by atoms with Crippen molar-refractivity contribution < 1.29 is 32.2 Å². The average molecular weight is 546 g/mol. The van der Waals surface area contributed by atoms with Gasteiger partial charge in [-0.1, -0.05) is 17.3 Å². The summed E-state index contributed by atoms with van der Waals surface area (Å²) in [4.78, 5) is 29.5. The smallest absolute Gasteiger partial charge is 0.337 e. The van der Waals surface area contributed by atoms with Gasteiger partial charge in [0.05, 0.1) is 47.5 Å². The molecule has 196 valence electrons. The number of ether oxygens (including phenoxy) is 3. The largest absolute Gasteiger partial charge is 0.465 e. The summed E-state index contributed by atoms with van der Waals surface area (Å²) in [7, 11) is 0.462. The lowest BCUT2D eigenvalue weighted by Crippen LogP contribution is -2.36. The third kappa shape index (κ3) is 6.51. The molecule has 0 radical (unpaired) electrons. The molecule has 1 amide bonds. The summed E-state index contributed by atoms with van der Waals surface area (Å²) < 4.78 is 44.7. The molecular weight excluding hydrogens is 518 g/mol. The van der Waals surface area contributed by atoms with Crippen LogP contribution < -0.4 is 4.80 Å². The standard InChI is InChI=1S/C25H27N3O7S2/c1-5-12-28-21-11-8-19(24(30)35-4)17-22(21)36-25(28)26-23(29)18-6-9-20(10-7-18)37(31,32)27(13-15-33-2)14-16-34-3/h1,6-11,17H,12-16H2,2-4H3. The number of aromatic nitrogens is 1. The van der Waals surface area contributed by atoms with Gasteiger partial charge in [-0.05, 0) is 42.5 Å². The number of methoxy groups -OCH3 is 3. The molecule has 1 heterocycles. The SMILES string of the molecule is C#CCn1c(=NC(=O)c2ccc(S(=O)(=O)N(CCOC)CCOC)cc2)sc2cc(C(=O)OC)ccc21. The van der Waals surface area contributed by atoms with Crippen molar-refractivity contribution in [1.82, 2.24) is 8.87 Å². The maximum atomic E-state index is 13.1. The molecule has 0 saturated heterocycles. The first-order valence-electron chi connectivity index (χ1n) is 11.1. The highest BCUT2D eigenvalue weighted by atomic mass is 32.2. The van der Waals surface area contributed by atoms with Crippen LogP contribution in [-0.2, 0) is 30.8 Å². The lowest BCUT2D eigenvalue weighted by atomic mass is 10.2. The van der Waals surface area contributed by atoms with Crippen LogP contribution in [0.1, 0.15) is 20.7 Å². The molecule has 0 saturated carbocycles. The van der Waals surface area contributed by atoms with Gasteiger partial charge in [-0.25, -0.2) is 13.2 Å². The Morgan fingerprint density at radius 3 is 2.22 bits per heavy atom. The summed E-state index contributed by atoms with van der Waals surface area (Å²) in [6.45, 7) is 0.951. The van der Waals surface area contributed by atoms with Crippen molar-refractivity contribution in [2.45, 2.75) is 11.4 Å². The molecule has 0 atom stereocenters. The van der Waals surface area contributed by atoms with Gasteiger partial charge in [0, 0.05) is 32.9 Å². The van der Waals surface area contributed by atoms with Gasteiger partial charge in [-0.2, -0.15) is 9.30 Å². The highest BCUT2D eigenvalue weighted by Gasteiger charge is 2.24. The summed E-state index contributed by atoms with van der Waals surface area (Å²) in [5, 5.41) is 0. The molecule has 0 spiro atoms. The van der Waals surface area contributed by atoms with Gasteiger partial charge in [0.25, 0.3) is 5.91 Å². The molecule has 12 heteroatoms. The molecule has 0 fully saturated rings. The number of terminal acetylenes is 1. The molecule has 2 aromatic carbocycles. The maximum absolute atomic E-state index is 13.1. The lowest BCUT2D eigenvalue weighted by molar-refractivity contribution is 0.0600. The van der Waals surface area contributed by atoms with E-state index in [2.05, 4.69) is 10.9 Å². The number of esters is 1. The van der Waals surface area contributed by atoms with E-state index in [0.29, 0.717) is 15.1 Å². The number of carbonyl (C=O) groups excluding carboxylic acids is 2. The Morgan fingerprint density at radius 1 is 1.03 bits per heavy atom. The number of hydrogen-bond donors (Lipinski definition) is 0. The maximum Gasteiger partial charge on any atom is 0.337 e. The van der Waals surface area contributed by atoms with E-state index in [1.54, 1.807) is 22.8 Å². The topological polar surface area (TPSA) is 117 Å². The molecule has 1 aromatic heterocycles. The van der Waals surface area contributed by atoms with Crippen LogP contribution in [0.3, 0.4) is 0 Å². The zero-order chi connectivity index (χ0) is 27.0. The summed E-state index contributed by atoms with van der Waals surface area (Å²) in [6, 6.07) is 10.6. The summed E-state index contributed by atoms with van der Waals surface area (Å²) >= 11 is 1.20. The number of fused-ring (bicyclic) bond motifs is 1. The molecule has 0 aliphatic carbocycles. The Balaban J connectivity index is 1.94. The van der Waals surface area contributed by atoms with Crippen molar-refractivity contribution in [3.8, 4) is 12.3 Å². The van der Waals surface area contributed by atoms with Gasteiger partial charge in [-0.15, -0.1) is 6.42 Å². The van der Waals surface area contributed by atoms with Crippen LogP contribution in [0.4, 0.5) is 0 Å². The van der Waals surface area contributed by atoms with E-state index in [-0.39, 0.29) is 43.3 Å². The lowest BCUT2D eigenvalue weighted by Gasteiger charge is -2.21. The van der Waals surface area contributed by atoms with E-state index in [0.717, 1.165) is 5.52 Å². The molecule has 37 heavy (non-hydrogen) atoms. The van der Waals surface area contributed by atoms with Crippen LogP contribution in [0.25, 0.3) is 10.2 Å².